The molecule has 0 radical (unpaired) electrons. The number of piperazine rings is 1. The third kappa shape index (κ3) is 3.06. The van der Waals surface area contributed by atoms with Crippen LogP contribution in [-0.2, 0) is 11.3 Å². The summed E-state index contributed by atoms with van der Waals surface area (Å²) in [6.07, 6.45) is 1.36. The highest BCUT2D eigenvalue weighted by Gasteiger charge is 2.39. The minimum atomic E-state index is -0.339. The molecule has 3 aliphatic heterocycles. The number of nitrogens with zero attached hydrogens (tertiary/aromatic N) is 3. The molecule has 2 saturated heterocycles. The minimum absolute atomic E-state index is 0.157. The lowest BCUT2D eigenvalue weighted by Gasteiger charge is -2.35. The zero-order valence-electron chi connectivity index (χ0n) is 16.5. The fourth-order valence-corrected chi connectivity index (χ4v) is 4.12. The highest BCUT2D eigenvalue weighted by molar-refractivity contribution is 5.95. The molecule has 0 saturated carbocycles. The topological polar surface area (TPSA) is 90.3 Å². The van der Waals surface area contributed by atoms with Gasteiger partial charge in [-0.1, -0.05) is 6.07 Å². The van der Waals surface area contributed by atoms with E-state index in [0.717, 1.165) is 5.56 Å². The molecule has 2 amide bonds. The Morgan fingerprint density at radius 3 is 2.80 bits per heavy atom. The number of aryl methyl sites for hydroxylation is 1. The van der Waals surface area contributed by atoms with Gasteiger partial charge in [-0.25, -0.2) is 4.79 Å². The van der Waals surface area contributed by atoms with E-state index in [2.05, 4.69) is 0 Å². The van der Waals surface area contributed by atoms with E-state index in [4.69, 9.17) is 14.2 Å². The maximum absolute atomic E-state index is 13.2. The lowest BCUT2D eigenvalue weighted by Crippen LogP contribution is -2.54. The van der Waals surface area contributed by atoms with Crippen LogP contribution in [0, 0.1) is 6.92 Å². The Hall–Kier alpha value is -3.49. The zero-order valence-corrected chi connectivity index (χ0v) is 16.5. The Morgan fingerprint density at radius 2 is 1.93 bits per heavy atom. The van der Waals surface area contributed by atoms with Gasteiger partial charge in [0.1, 0.15) is 12.2 Å². The van der Waals surface area contributed by atoms with Crippen LogP contribution in [0.5, 0.6) is 11.5 Å². The van der Waals surface area contributed by atoms with Crippen molar-refractivity contribution in [2.45, 2.75) is 19.5 Å². The first kappa shape index (κ1) is 18.5. The van der Waals surface area contributed by atoms with E-state index in [0.29, 0.717) is 43.2 Å². The van der Waals surface area contributed by atoms with E-state index < -0.39 is 0 Å². The van der Waals surface area contributed by atoms with Crippen molar-refractivity contribution in [3.63, 3.8) is 0 Å². The van der Waals surface area contributed by atoms with E-state index in [1.54, 1.807) is 29.0 Å². The Morgan fingerprint density at radius 1 is 1.10 bits per heavy atom. The minimum Gasteiger partial charge on any atom is -0.454 e. The second-order valence-corrected chi connectivity index (χ2v) is 7.67. The summed E-state index contributed by atoms with van der Waals surface area (Å²) < 4.78 is 17.3. The predicted molar refractivity (Wildman–Crippen MR) is 105 cm³/mol. The smallest absolute Gasteiger partial charge is 0.410 e. The van der Waals surface area contributed by atoms with Crippen LogP contribution in [-0.4, -0.2) is 65.4 Å². The second kappa shape index (κ2) is 7.08. The molecule has 0 bridgehead atoms. The van der Waals surface area contributed by atoms with Gasteiger partial charge >= 0.3 is 6.09 Å². The summed E-state index contributed by atoms with van der Waals surface area (Å²) in [5.74, 6) is 1.02. The molecule has 2 aromatic rings. The second-order valence-electron chi connectivity index (χ2n) is 7.67. The normalized spacial score (nSPS) is 19.6. The van der Waals surface area contributed by atoms with Crippen LogP contribution in [0.25, 0.3) is 0 Å². The van der Waals surface area contributed by atoms with Crippen LogP contribution in [0.1, 0.15) is 21.5 Å². The average molecular weight is 411 g/mol. The van der Waals surface area contributed by atoms with Crippen LogP contribution < -0.4 is 15.0 Å². The van der Waals surface area contributed by atoms with Gasteiger partial charge in [0.25, 0.3) is 11.5 Å². The van der Waals surface area contributed by atoms with Crippen molar-refractivity contribution in [2.75, 3.05) is 33.0 Å². The molecular weight excluding hydrogens is 390 g/mol. The number of rotatable bonds is 3. The molecule has 2 fully saturated rings. The number of hydrogen-bond acceptors (Lipinski definition) is 6. The summed E-state index contributed by atoms with van der Waals surface area (Å²) in [6, 6.07) is 7.15. The number of ether oxygens (including phenoxy) is 3. The first-order chi connectivity index (χ1) is 14.5. The molecule has 9 heteroatoms. The molecule has 30 heavy (non-hydrogen) atoms. The third-order valence-electron chi connectivity index (χ3n) is 5.78. The molecule has 156 valence electrons. The molecule has 9 nitrogen and oxygen atoms in total. The van der Waals surface area contributed by atoms with Crippen LogP contribution in [0.3, 0.4) is 0 Å². The Labute approximate surface area is 172 Å². The van der Waals surface area contributed by atoms with Crippen LogP contribution >= 0.6 is 0 Å². The highest BCUT2D eigenvalue weighted by atomic mass is 16.7. The van der Waals surface area contributed by atoms with Gasteiger partial charge in [-0.2, -0.15) is 0 Å². The number of aromatic nitrogens is 1. The maximum atomic E-state index is 13.2. The number of carbonyl (C=O) groups is 2. The first-order valence-electron chi connectivity index (χ1n) is 9.82. The van der Waals surface area contributed by atoms with Crippen molar-refractivity contribution in [1.82, 2.24) is 14.4 Å². The summed E-state index contributed by atoms with van der Waals surface area (Å²) in [6.45, 7) is 3.68. The lowest BCUT2D eigenvalue weighted by atomic mass is 10.1. The van der Waals surface area contributed by atoms with Crippen molar-refractivity contribution in [2.24, 2.45) is 0 Å². The summed E-state index contributed by atoms with van der Waals surface area (Å²) >= 11 is 0. The highest BCUT2D eigenvalue weighted by Crippen LogP contribution is 2.32. The fraction of sp³-hybridized carbons (Fsp3) is 0.381. The van der Waals surface area contributed by atoms with E-state index in [1.807, 2.05) is 18.2 Å². The van der Waals surface area contributed by atoms with Gasteiger partial charge in [0.2, 0.25) is 6.79 Å². The molecule has 5 rings (SSSR count). The molecular formula is C21H21N3O6. The molecule has 0 aliphatic carbocycles. The van der Waals surface area contributed by atoms with Crippen molar-refractivity contribution >= 4 is 12.0 Å². The van der Waals surface area contributed by atoms with E-state index >= 15 is 0 Å². The molecule has 1 aromatic heterocycles. The molecule has 1 aromatic carbocycles. The van der Waals surface area contributed by atoms with Gasteiger partial charge in [0.15, 0.2) is 11.5 Å². The van der Waals surface area contributed by atoms with Gasteiger partial charge in [0.05, 0.1) is 12.6 Å². The Balaban J connectivity index is 1.40. The van der Waals surface area contributed by atoms with Gasteiger partial charge in [0, 0.05) is 25.8 Å². The predicted octanol–water partition coefficient (Wildman–Crippen LogP) is 1.21. The van der Waals surface area contributed by atoms with Crippen LogP contribution in [0.15, 0.2) is 35.3 Å². The number of fused-ring (bicyclic) bond motifs is 2. The van der Waals surface area contributed by atoms with Crippen molar-refractivity contribution in [1.29, 1.82) is 0 Å². The maximum Gasteiger partial charge on any atom is 0.410 e. The van der Waals surface area contributed by atoms with Gasteiger partial charge in [-0.15, -0.1) is 0 Å². The number of hydrogen-bond donors (Lipinski definition) is 0. The standard InChI is InChI=1S/C21H21N3O6/c1-13-4-5-22(9-14-2-3-16-17(8-14)30-12-29-16)19(25)18(13)20(26)23-6-7-24-15(10-23)11-28-21(24)27/h2-5,8,15H,6-7,9-12H2,1H3. The van der Waals surface area contributed by atoms with E-state index in [-0.39, 0.29) is 42.6 Å². The molecule has 1 unspecified atom stereocenters. The third-order valence-corrected chi connectivity index (χ3v) is 5.78. The lowest BCUT2D eigenvalue weighted by molar-refractivity contribution is 0.0613. The van der Waals surface area contributed by atoms with E-state index in [1.165, 1.54) is 4.57 Å². The average Bonchev–Trinajstić information content (AvgIpc) is 3.36. The first-order valence-corrected chi connectivity index (χ1v) is 9.82. The van der Waals surface area contributed by atoms with Crippen LogP contribution in [0.4, 0.5) is 4.79 Å². The quantitative estimate of drug-likeness (QED) is 0.754. The zero-order chi connectivity index (χ0) is 20.8. The Bertz CT molecular complexity index is 1090. The van der Waals surface area contributed by atoms with E-state index in [9.17, 15) is 14.4 Å². The largest absolute Gasteiger partial charge is 0.454 e. The van der Waals surface area contributed by atoms with Crippen molar-refractivity contribution < 1.29 is 23.8 Å². The number of cyclic esters (lactones) is 1. The van der Waals surface area contributed by atoms with Gasteiger partial charge in [-0.05, 0) is 36.2 Å². The molecule has 1 atom stereocenters. The fourth-order valence-electron chi connectivity index (χ4n) is 4.12. The monoisotopic (exact) mass is 411 g/mol. The van der Waals surface area contributed by atoms with Crippen molar-refractivity contribution in [3.05, 3.63) is 57.5 Å². The SMILES string of the molecule is Cc1ccn(Cc2ccc3c(c2)OCO3)c(=O)c1C(=O)N1CCN2C(=O)OCC2C1. The number of carbonyl (C=O) groups excluding carboxylic acids is 2. The Kier molecular flexibility index (Phi) is 4.38. The summed E-state index contributed by atoms with van der Waals surface area (Å²) in [5, 5.41) is 0. The van der Waals surface area contributed by atoms with Gasteiger partial charge < -0.3 is 23.7 Å². The van der Waals surface area contributed by atoms with Crippen LogP contribution in [0.2, 0.25) is 0 Å². The summed E-state index contributed by atoms with van der Waals surface area (Å²) in [5.41, 5.74) is 1.34. The molecule has 3 aliphatic rings. The molecule has 0 spiro atoms. The van der Waals surface area contributed by atoms with Crippen molar-refractivity contribution in [3.8, 4) is 11.5 Å². The number of pyridine rings is 1. The van der Waals surface area contributed by atoms with Gasteiger partial charge in [-0.3, -0.25) is 14.5 Å². The summed E-state index contributed by atoms with van der Waals surface area (Å²) in [7, 11) is 0. The number of amides is 2. The summed E-state index contributed by atoms with van der Waals surface area (Å²) in [4.78, 5) is 41.3. The molecule has 4 heterocycles. The molecule has 0 N–H and O–H groups in total. The number of benzene rings is 1.